The predicted molar refractivity (Wildman–Crippen MR) is 75.3 cm³/mol. The van der Waals surface area contributed by atoms with Crippen molar-refractivity contribution in [3.8, 4) is 5.97 Å². The summed E-state index contributed by atoms with van der Waals surface area (Å²) in [6.45, 7) is 7.40. The molecule has 0 aromatic heterocycles. The number of carbonyl (C=O) groups excluding carboxylic acids is 1. The fraction of sp³-hybridized carbons (Fsp3) is 0.857. The van der Waals surface area contributed by atoms with Crippen molar-refractivity contribution in [1.29, 1.82) is 5.26 Å². The van der Waals surface area contributed by atoms with Crippen molar-refractivity contribution in [3.63, 3.8) is 0 Å². The van der Waals surface area contributed by atoms with Crippen LogP contribution in [0.4, 0.5) is 0 Å². The highest BCUT2D eigenvalue weighted by Gasteiger charge is 2.33. The maximum atomic E-state index is 11.9. The molecule has 3 unspecified atom stereocenters. The minimum atomic E-state index is 0.140. The van der Waals surface area contributed by atoms with Crippen molar-refractivity contribution in [2.24, 2.45) is 17.8 Å². The smallest absolute Gasteiger partial charge is 0.267 e. The summed E-state index contributed by atoms with van der Waals surface area (Å²) in [5, 5.41) is 12.0. The Hall–Kier alpha value is -0.975. The number of piperidine rings is 1. The van der Waals surface area contributed by atoms with E-state index in [1.165, 1.54) is 0 Å². The van der Waals surface area contributed by atoms with Gasteiger partial charge in [0.2, 0.25) is 5.91 Å². The largest absolute Gasteiger partial charge is 0.356 e. The molecule has 1 rings (SSSR count). The topological polar surface area (TPSA) is 52.9 Å². The summed E-state index contributed by atoms with van der Waals surface area (Å²) in [6.07, 6.45) is 4.97. The molecule has 1 amide bonds. The molecule has 0 spiro atoms. The Morgan fingerprint density at radius 3 is 2.78 bits per heavy atom. The van der Waals surface area contributed by atoms with E-state index in [4.69, 9.17) is 5.26 Å². The van der Waals surface area contributed by atoms with Crippen LogP contribution in [-0.2, 0) is 4.79 Å². The lowest BCUT2D eigenvalue weighted by atomic mass is 9.44. The molecular formula is C14H25BN2O. The van der Waals surface area contributed by atoms with Crippen molar-refractivity contribution in [2.75, 3.05) is 6.54 Å². The second-order valence-electron chi connectivity index (χ2n) is 5.56. The Morgan fingerprint density at radius 1 is 1.56 bits per heavy atom. The number of hydrogen-bond acceptors (Lipinski definition) is 2. The molecule has 1 N–H and O–H groups in total. The summed E-state index contributed by atoms with van der Waals surface area (Å²) in [5.41, 5.74) is 0. The van der Waals surface area contributed by atoms with Crippen LogP contribution >= 0.6 is 0 Å². The highest BCUT2D eigenvalue weighted by molar-refractivity contribution is 6.66. The molecule has 100 valence electrons. The standard InChI is InChI=1S/C14H25BN2O/c1-4-12(11(3)9-15(5-2)10-16)13-7-6-8-17-14(13)18/h11-13H,4-9H2,1-3H3,(H,17,18). The first-order valence-electron chi connectivity index (χ1n) is 7.31. The van der Waals surface area contributed by atoms with E-state index in [1.807, 2.05) is 0 Å². The number of carbonyl (C=O) groups is 1. The van der Waals surface area contributed by atoms with Crippen LogP contribution in [0.2, 0.25) is 12.6 Å². The maximum Gasteiger partial charge on any atom is 0.267 e. The molecule has 18 heavy (non-hydrogen) atoms. The van der Waals surface area contributed by atoms with Crippen LogP contribution in [0.5, 0.6) is 0 Å². The summed E-state index contributed by atoms with van der Waals surface area (Å²) in [5.74, 6) is 3.64. The van der Waals surface area contributed by atoms with Crippen molar-refractivity contribution < 1.29 is 4.79 Å². The van der Waals surface area contributed by atoms with Crippen LogP contribution < -0.4 is 5.32 Å². The molecule has 4 heteroatoms. The molecule has 0 aromatic carbocycles. The fourth-order valence-corrected chi connectivity index (χ4v) is 3.22. The van der Waals surface area contributed by atoms with Gasteiger partial charge in [-0.15, -0.1) is 0 Å². The lowest BCUT2D eigenvalue weighted by molar-refractivity contribution is -0.129. The summed E-state index contributed by atoms with van der Waals surface area (Å²) >= 11 is 0. The van der Waals surface area contributed by atoms with Crippen LogP contribution in [-0.4, -0.2) is 19.2 Å². The maximum absolute atomic E-state index is 11.9. The average Bonchev–Trinajstić information content (AvgIpc) is 2.39. The molecule has 1 fully saturated rings. The zero-order valence-electron chi connectivity index (χ0n) is 11.9. The minimum absolute atomic E-state index is 0.140. The van der Waals surface area contributed by atoms with Crippen molar-refractivity contribution >= 4 is 12.6 Å². The second kappa shape index (κ2) is 7.46. The predicted octanol–water partition coefficient (Wildman–Crippen LogP) is 2.75. The number of amides is 1. The second-order valence-corrected chi connectivity index (χ2v) is 5.56. The quantitative estimate of drug-likeness (QED) is 0.735. The van der Waals surface area contributed by atoms with Gasteiger partial charge in [0, 0.05) is 18.4 Å². The molecule has 0 radical (unpaired) electrons. The van der Waals surface area contributed by atoms with E-state index in [-0.39, 0.29) is 18.5 Å². The van der Waals surface area contributed by atoms with Crippen LogP contribution in [0.25, 0.3) is 0 Å². The Labute approximate surface area is 111 Å². The molecule has 1 saturated heterocycles. The van der Waals surface area contributed by atoms with Crippen LogP contribution in [0.1, 0.15) is 40.0 Å². The number of hydrogen-bond donors (Lipinski definition) is 1. The third-order valence-corrected chi connectivity index (χ3v) is 4.38. The average molecular weight is 248 g/mol. The highest BCUT2D eigenvalue weighted by atomic mass is 16.1. The summed E-state index contributed by atoms with van der Waals surface area (Å²) < 4.78 is 0. The first-order chi connectivity index (χ1) is 8.63. The van der Waals surface area contributed by atoms with E-state index in [9.17, 15) is 4.79 Å². The van der Waals surface area contributed by atoms with Gasteiger partial charge in [-0.25, -0.2) is 5.26 Å². The fourth-order valence-electron chi connectivity index (χ4n) is 3.22. The van der Waals surface area contributed by atoms with E-state index in [0.717, 1.165) is 38.4 Å². The molecule has 3 atom stereocenters. The molecule has 1 aliphatic rings. The molecule has 1 aliphatic heterocycles. The van der Waals surface area contributed by atoms with Crippen molar-refractivity contribution in [2.45, 2.75) is 52.7 Å². The Bertz CT molecular complexity index is 313. The lowest BCUT2D eigenvalue weighted by Crippen LogP contribution is -2.42. The van der Waals surface area contributed by atoms with Gasteiger partial charge < -0.3 is 5.32 Å². The zero-order chi connectivity index (χ0) is 13.5. The molecule has 0 aliphatic carbocycles. The highest BCUT2D eigenvalue weighted by Crippen LogP contribution is 2.33. The number of nitriles is 1. The van der Waals surface area contributed by atoms with Crippen LogP contribution in [0.3, 0.4) is 0 Å². The minimum Gasteiger partial charge on any atom is -0.356 e. The number of nitrogens with zero attached hydrogens (tertiary/aromatic N) is 1. The first-order valence-corrected chi connectivity index (χ1v) is 7.31. The molecular weight excluding hydrogens is 223 g/mol. The van der Waals surface area contributed by atoms with Gasteiger partial charge in [-0.05, 0) is 24.7 Å². The number of nitrogens with one attached hydrogen (secondary N) is 1. The van der Waals surface area contributed by atoms with Gasteiger partial charge in [0.05, 0.1) is 0 Å². The van der Waals surface area contributed by atoms with Crippen LogP contribution in [0, 0.1) is 29.0 Å². The zero-order valence-corrected chi connectivity index (χ0v) is 11.9. The summed E-state index contributed by atoms with van der Waals surface area (Å²) in [7, 11) is 0. The van der Waals surface area contributed by atoms with E-state index in [1.54, 1.807) is 0 Å². The van der Waals surface area contributed by atoms with E-state index < -0.39 is 0 Å². The van der Waals surface area contributed by atoms with Gasteiger partial charge in [-0.3, -0.25) is 4.79 Å². The molecule has 0 saturated carbocycles. The van der Waals surface area contributed by atoms with Gasteiger partial charge in [0.15, 0.2) is 0 Å². The Kier molecular flexibility index (Phi) is 6.25. The molecule has 0 bridgehead atoms. The molecule has 0 aromatic rings. The van der Waals surface area contributed by atoms with Crippen molar-refractivity contribution in [1.82, 2.24) is 5.32 Å². The van der Waals surface area contributed by atoms with E-state index in [0.29, 0.717) is 11.8 Å². The normalized spacial score (nSPS) is 22.8. The SMILES string of the molecule is CCB(C#N)CC(C)C(CC)C1CCCNC1=O. The van der Waals surface area contributed by atoms with Gasteiger partial charge in [0.1, 0.15) is 0 Å². The Morgan fingerprint density at radius 2 is 2.28 bits per heavy atom. The third kappa shape index (κ3) is 3.76. The molecule has 1 heterocycles. The third-order valence-electron chi connectivity index (χ3n) is 4.38. The van der Waals surface area contributed by atoms with Crippen molar-refractivity contribution in [3.05, 3.63) is 0 Å². The van der Waals surface area contributed by atoms with Crippen LogP contribution in [0.15, 0.2) is 0 Å². The van der Waals surface area contributed by atoms with E-state index in [2.05, 4.69) is 32.1 Å². The van der Waals surface area contributed by atoms with Gasteiger partial charge in [-0.2, -0.15) is 0 Å². The monoisotopic (exact) mass is 248 g/mol. The molecule has 3 nitrogen and oxygen atoms in total. The lowest BCUT2D eigenvalue weighted by Gasteiger charge is -2.33. The first kappa shape index (κ1) is 15.1. The Balaban J connectivity index is 2.64. The van der Waals surface area contributed by atoms with Gasteiger partial charge in [-0.1, -0.05) is 39.8 Å². The summed E-state index contributed by atoms with van der Waals surface area (Å²) in [4.78, 5) is 11.9. The number of rotatable bonds is 6. The van der Waals surface area contributed by atoms with Gasteiger partial charge in [0.25, 0.3) is 6.71 Å². The van der Waals surface area contributed by atoms with E-state index >= 15 is 0 Å². The summed E-state index contributed by atoms with van der Waals surface area (Å²) in [6, 6.07) is 0. The van der Waals surface area contributed by atoms with Gasteiger partial charge >= 0.3 is 0 Å².